The van der Waals surface area contributed by atoms with Crippen molar-refractivity contribution in [2.75, 3.05) is 12.0 Å². The number of carbonyl (C=O) groups is 2. The number of thiazole rings is 1. The smallest absolute Gasteiger partial charge is 0.397 e. The van der Waals surface area contributed by atoms with Crippen molar-refractivity contribution in [3.63, 3.8) is 0 Å². The van der Waals surface area contributed by atoms with Crippen LogP contribution in [0.4, 0.5) is 10.8 Å². The molecular formula is C27H33N3O3S. The highest BCUT2D eigenvalue weighted by atomic mass is 32.1. The Kier molecular flexibility index (Phi) is 10.2. The van der Waals surface area contributed by atoms with Crippen LogP contribution in [-0.4, -0.2) is 29.0 Å². The summed E-state index contributed by atoms with van der Waals surface area (Å²) in [6, 6.07) is 11.5. The number of pyridine rings is 1. The fraction of sp³-hybridized carbons (Fsp3) is 0.407. The van der Waals surface area contributed by atoms with Crippen LogP contribution >= 0.6 is 11.3 Å². The van der Waals surface area contributed by atoms with E-state index in [0.717, 1.165) is 18.4 Å². The minimum atomic E-state index is -0.929. The number of unbranched alkanes of at least 4 members (excludes halogenated alkanes) is 7. The summed E-state index contributed by atoms with van der Waals surface area (Å²) < 4.78 is 4.69. The number of rotatable bonds is 12. The van der Waals surface area contributed by atoms with Gasteiger partial charge in [-0.15, -0.1) is 11.3 Å². The van der Waals surface area contributed by atoms with Gasteiger partial charge in [0.2, 0.25) is 0 Å². The Morgan fingerprint density at radius 1 is 0.971 bits per heavy atom. The summed E-state index contributed by atoms with van der Waals surface area (Å²) in [7, 11) is 1.20. The molecule has 0 aliphatic heterocycles. The van der Waals surface area contributed by atoms with Gasteiger partial charge in [0.15, 0.2) is 5.13 Å². The van der Waals surface area contributed by atoms with Crippen LogP contribution in [0.25, 0.3) is 11.3 Å². The van der Waals surface area contributed by atoms with Gasteiger partial charge in [-0.2, -0.15) is 0 Å². The molecule has 0 spiro atoms. The fourth-order valence-corrected chi connectivity index (χ4v) is 4.63. The molecule has 2 aromatic heterocycles. The van der Waals surface area contributed by atoms with Crippen molar-refractivity contribution in [2.45, 2.75) is 64.7 Å². The molecule has 6 nitrogen and oxygen atoms in total. The molecule has 3 rings (SSSR count). The van der Waals surface area contributed by atoms with Crippen LogP contribution in [0.3, 0.4) is 0 Å². The van der Waals surface area contributed by atoms with E-state index in [0.29, 0.717) is 16.5 Å². The van der Waals surface area contributed by atoms with Gasteiger partial charge in [0.25, 0.3) is 0 Å². The number of aryl methyl sites for hydroxylation is 1. The van der Waals surface area contributed by atoms with Crippen LogP contribution in [0.2, 0.25) is 0 Å². The number of anilines is 2. The Labute approximate surface area is 206 Å². The molecule has 3 aromatic rings. The molecule has 0 N–H and O–H groups in total. The van der Waals surface area contributed by atoms with Crippen LogP contribution in [0.15, 0.2) is 54.2 Å². The number of aromatic nitrogens is 2. The van der Waals surface area contributed by atoms with Crippen LogP contribution in [-0.2, 0) is 20.7 Å². The first kappa shape index (κ1) is 25.6. The number of hydrogen-bond donors (Lipinski definition) is 0. The summed E-state index contributed by atoms with van der Waals surface area (Å²) in [4.78, 5) is 35.0. The molecule has 180 valence electrons. The Hall–Kier alpha value is -3.06. The fourth-order valence-electron chi connectivity index (χ4n) is 3.78. The topological polar surface area (TPSA) is 72.4 Å². The average molecular weight is 480 g/mol. The van der Waals surface area contributed by atoms with Gasteiger partial charge in [-0.05, 0) is 42.7 Å². The molecular weight excluding hydrogens is 446 g/mol. The molecule has 0 radical (unpaired) electrons. The predicted molar refractivity (Wildman–Crippen MR) is 137 cm³/mol. The lowest BCUT2D eigenvalue weighted by molar-refractivity contribution is -0.151. The Morgan fingerprint density at radius 2 is 1.68 bits per heavy atom. The summed E-state index contributed by atoms with van der Waals surface area (Å²) in [5.74, 6) is -1.70. The summed E-state index contributed by atoms with van der Waals surface area (Å²) in [6.07, 6.45) is 14.7. The van der Waals surface area contributed by atoms with Gasteiger partial charge >= 0.3 is 11.9 Å². The lowest BCUT2D eigenvalue weighted by Gasteiger charge is -2.19. The van der Waals surface area contributed by atoms with E-state index < -0.39 is 11.9 Å². The van der Waals surface area contributed by atoms with E-state index in [9.17, 15) is 9.59 Å². The molecule has 0 aliphatic carbocycles. The third-order valence-corrected chi connectivity index (χ3v) is 6.54. The second kappa shape index (κ2) is 13.6. The van der Waals surface area contributed by atoms with Gasteiger partial charge in [-0.25, -0.2) is 14.7 Å². The highest BCUT2D eigenvalue weighted by Crippen LogP contribution is 2.32. The van der Waals surface area contributed by atoms with E-state index in [4.69, 9.17) is 4.74 Å². The molecule has 1 aromatic carbocycles. The summed E-state index contributed by atoms with van der Waals surface area (Å²) in [5.41, 5.74) is 3.34. The molecule has 0 saturated heterocycles. The number of benzene rings is 1. The van der Waals surface area contributed by atoms with Crippen LogP contribution in [0.5, 0.6) is 0 Å². The van der Waals surface area contributed by atoms with Crippen molar-refractivity contribution in [3.05, 3.63) is 59.7 Å². The molecule has 0 saturated carbocycles. The molecule has 1 amide bonds. The first-order chi connectivity index (χ1) is 16.6. The van der Waals surface area contributed by atoms with Crippen molar-refractivity contribution in [3.8, 4) is 11.3 Å². The Balaban J connectivity index is 1.66. The standard InChI is InChI=1S/C27H33N3O3S/c1-3-4-5-6-7-8-9-10-12-21-14-16-23(17-15-21)30(25(31)26(32)33-2)27-29-24(20-34-27)22-13-11-18-28-19-22/h11,13-20H,3-10,12H2,1-2H3. The normalized spacial score (nSPS) is 10.8. The van der Waals surface area contributed by atoms with Crippen LogP contribution < -0.4 is 4.90 Å². The van der Waals surface area contributed by atoms with Crippen molar-refractivity contribution < 1.29 is 14.3 Å². The number of esters is 1. The SMILES string of the molecule is CCCCCCCCCCc1ccc(N(C(=O)C(=O)OC)c2nc(-c3cccnc3)cs2)cc1. The largest absolute Gasteiger partial charge is 0.462 e. The molecule has 2 heterocycles. The van der Waals surface area contributed by atoms with Gasteiger partial charge in [0.05, 0.1) is 18.5 Å². The quantitative estimate of drug-likeness (QED) is 0.164. The third kappa shape index (κ3) is 7.22. The lowest BCUT2D eigenvalue weighted by Crippen LogP contribution is -2.33. The van der Waals surface area contributed by atoms with Gasteiger partial charge < -0.3 is 4.74 Å². The second-order valence-corrected chi connectivity index (χ2v) is 9.12. The maximum absolute atomic E-state index is 12.8. The van der Waals surface area contributed by atoms with E-state index in [1.807, 2.05) is 41.8 Å². The first-order valence-corrected chi connectivity index (χ1v) is 12.9. The maximum atomic E-state index is 12.8. The van der Waals surface area contributed by atoms with Gasteiger partial charge in [0, 0.05) is 23.3 Å². The summed E-state index contributed by atoms with van der Waals surface area (Å²) in [6.45, 7) is 2.24. The lowest BCUT2D eigenvalue weighted by atomic mass is 10.0. The summed E-state index contributed by atoms with van der Waals surface area (Å²) in [5, 5.41) is 2.26. The number of ether oxygens (including phenoxy) is 1. The number of nitrogens with zero attached hydrogens (tertiary/aromatic N) is 3. The Bertz CT molecular complexity index is 1030. The molecule has 34 heavy (non-hydrogen) atoms. The molecule has 0 fully saturated rings. The number of hydrogen-bond acceptors (Lipinski definition) is 6. The van der Waals surface area contributed by atoms with Crippen LogP contribution in [0.1, 0.15) is 63.9 Å². The zero-order chi connectivity index (χ0) is 24.2. The minimum absolute atomic E-state index is 0.407. The minimum Gasteiger partial charge on any atom is -0.462 e. The third-order valence-electron chi connectivity index (χ3n) is 5.72. The van der Waals surface area contributed by atoms with E-state index >= 15 is 0 Å². The number of methoxy groups -OCH3 is 1. The van der Waals surface area contributed by atoms with Gasteiger partial charge in [0.1, 0.15) is 0 Å². The highest BCUT2D eigenvalue weighted by Gasteiger charge is 2.28. The average Bonchev–Trinajstić information content (AvgIpc) is 3.36. The molecule has 7 heteroatoms. The van der Waals surface area contributed by atoms with E-state index in [-0.39, 0.29) is 0 Å². The van der Waals surface area contributed by atoms with Gasteiger partial charge in [-0.1, -0.05) is 64.0 Å². The molecule has 0 atom stereocenters. The zero-order valence-corrected chi connectivity index (χ0v) is 20.9. The van der Waals surface area contributed by atoms with Crippen molar-refractivity contribution in [2.24, 2.45) is 0 Å². The monoisotopic (exact) mass is 479 g/mol. The molecule has 0 unspecified atom stereocenters. The van der Waals surface area contributed by atoms with E-state index in [1.165, 1.54) is 73.9 Å². The van der Waals surface area contributed by atoms with Gasteiger partial charge in [-0.3, -0.25) is 9.78 Å². The van der Waals surface area contributed by atoms with Crippen molar-refractivity contribution in [1.82, 2.24) is 9.97 Å². The Morgan fingerprint density at radius 3 is 2.32 bits per heavy atom. The number of carbonyl (C=O) groups excluding carboxylic acids is 2. The summed E-state index contributed by atoms with van der Waals surface area (Å²) >= 11 is 1.29. The van der Waals surface area contributed by atoms with Crippen molar-refractivity contribution in [1.29, 1.82) is 0 Å². The first-order valence-electron chi connectivity index (χ1n) is 12.0. The second-order valence-electron chi connectivity index (χ2n) is 8.28. The van der Waals surface area contributed by atoms with Crippen molar-refractivity contribution >= 4 is 34.0 Å². The molecule has 0 aliphatic rings. The highest BCUT2D eigenvalue weighted by molar-refractivity contribution is 7.14. The predicted octanol–water partition coefficient (Wildman–Crippen LogP) is 6.73. The number of amides is 1. The van der Waals surface area contributed by atoms with E-state index in [2.05, 4.69) is 16.9 Å². The maximum Gasteiger partial charge on any atom is 0.397 e. The zero-order valence-electron chi connectivity index (χ0n) is 20.0. The molecule has 0 bridgehead atoms. The van der Waals surface area contributed by atoms with E-state index in [1.54, 1.807) is 12.4 Å². The van der Waals surface area contributed by atoms with Crippen LogP contribution in [0, 0.1) is 0 Å².